The van der Waals surface area contributed by atoms with Crippen LogP contribution >= 0.6 is 11.6 Å². The second-order valence-electron chi connectivity index (χ2n) is 6.04. The molecule has 1 aliphatic heterocycles. The molecule has 0 atom stereocenters. The van der Waals surface area contributed by atoms with Gasteiger partial charge in [-0.25, -0.2) is 0 Å². The van der Waals surface area contributed by atoms with Gasteiger partial charge in [0, 0.05) is 48.0 Å². The Hall–Kier alpha value is -2.37. The minimum atomic E-state index is -0.230. The molecule has 0 spiro atoms. The van der Waals surface area contributed by atoms with Crippen LogP contribution in [0.1, 0.15) is 26.3 Å². The van der Waals surface area contributed by atoms with Gasteiger partial charge in [0.2, 0.25) is 0 Å². The molecule has 0 unspecified atom stereocenters. The average molecular weight is 358 g/mol. The molecule has 0 aliphatic carbocycles. The lowest BCUT2D eigenvalue weighted by Crippen LogP contribution is -2.46. The molecule has 0 saturated carbocycles. The number of aryl methyl sites for hydroxylation is 1. The molecule has 2 N–H and O–H groups in total. The van der Waals surface area contributed by atoms with Gasteiger partial charge in [-0.3, -0.25) is 9.59 Å². The number of piperazine rings is 1. The lowest BCUT2D eigenvalue weighted by molar-refractivity contribution is 0.0735. The smallest absolute Gasteiger partial charge is 0.255 e. The Morgan fingerprint density at radius 3 is 2.52 bits per heavy atom. The van der Waals surface area contributed by atoms with Gasteiger partial charge in [-0.05, 0) is 48.9 Å². The van der Waals surface area contributed by atoms with Crippen LogP contribution in [0.25, 0.3) is 0 Å². The number of carbonyl (C=O) groups is 2. The highest BCUT2D eigenvalue weighted by Crippen LogP contribution is 2.20. The largest absolute Gasteiger partial charge is 0.336 e. The van der Waals surface area contributed by atoms with E-state index >= 15 is 0 Å². The van der Waals surface area contributed by atoms with E-state index in [1.807, 2.05) is 17.9 Å². The van der Waals surface area contributed by atoms with Gasteiger partial charge in [-0.1, -0.05) is 17.7 Å². The number of anilines is 1. The molecule has 1 saturated heterocycles. The Bertz CT molecular complexity index is 801. The highest BCUT2D eigenvalue weighted by atomic mass is 35.5. The maximum Gasteiger partial charge on any atom is 0.255 e. The van der Waals surface area contributed by atoms with Crippen molar-refractivity contribution >= 4 is 29.1 Å². The standard InChI is InChI=1S/C19H20ClN3O2/c1-13-11-15(19(25)23-9-7-21-8-10-23)5-6-17(13)22-18(24)14-3-2-4-16(20)12-14/h2-6,11-12,21H,7-10H2,1H3,(H,22,24). The lowest BCUT2D eigenvalue weighted by atomic mass is 10.1. The Labute approximate surface area is 152 Å². The fourth-order valence-electron chi connectivity index (χ4n) is 2.81. The second-order valence-corrected chi connectivity index (χ2v) is 6.47. The predicted octanol–water partition coefficient (Wildman–Crippen LogP) is 2.95. The number of nitrogens with zero attached hydrogens (tertiary/aromatic N) is 1. The molecule has 25 heavy (non-hydrogen) atoms. The van der Waals surface area contributed by atoms with E-state index in [0.717, 1.165) is 18.7 Å². The number of carbonyl (C=O) groups excluding carboxylic acids is 2. The molecule has 2 aromatic carbocycles. The average Bonchev–Trinajstić information content (AvgIpc) is 2.63. The summed E-state index contributed by atoms with van der Waals surface area (Å²) in [6.07, 6.45) is 0. The van der Waals surface area contributed by atoms with Crippen molar-refractivity contribution in [1.29, 1.82) is 0 Å². The molecule has 0 bridgehead atoms. The Morgan fingerprint density at radius 1 is 1.08 bits per heavy atom. The Morgan fingerprint density at radius 2 is 1.84 bits per heavy atom. The van der Waals surface area contributed by atoms with Crippen molar-refractivity contribution in [2.75, 3.05) is 31.5 Å². The third kappa shape index (κ3) is 4.18. The Balaban J connectivity index is 1.73. The van der Waals surface area contributed by atoms with Crippen molar-refractivity contribution in [3.05, 3.63) is 64.2 Å². The number of amides is 2. The number of hydrogen-bond acceptors (Lipinski definition) is 3. The summed E-state index contributed by atoms with van der Waals surface area (Å²) >= 11 is 5.93. The molecule has 1 fully saturated rings. The van der Waals surface area contributed by atoms with Gasteiger partial charge in [0.05, 0.1) is 0 Å². The quantitative estimate of drug-likeness (QED) is 0.887. The highest BCUT2D eigenvalue weighted by molar-refractivity contribution is 6.31. The zero-order chi connectivity index (χ0) is 17.8. The van der Waals surface area contributed by atoms with Crippen molar-refractivity contribution in [2.45, 2.75) is 6.92 Å². The monoisotopic (exact) mass is 357 g/mol. The maximum atomic E-state index is 12.5. The summed E-state index contributed by atoms with van der Waals surface area (Å²) in [5, 5.41) is 6.61. The van der Waals surface area contributed by atoms with Gasteiger partial charge in [0.1, 0.15) is 0 Å². The third-order valence-corrected chi connectivity index (χ3v) is 4.45. The topological polar surface area (TPSA) is 61.4 Å². The van der Waals surface area contributed by atoms with E-state index in [-0.39, 0.29) is 11.8 Å². The molecule has 0 aromatic heterocycles. The van der Waals surface area contributed by atoms with Gasteiger partial charge >= 0.3 is 0 Å². The van der Waals surface area contributed by atoms with Gasteiger partial charge in [0.15, 0.2) is 0 Å². The minimum Gasteiger partial charge on any atom is -0.336 e. The Kier molecular flexibility index (Phi) is 5.36. The highest BCUT2D eigenvalue weighted by Gasteiger charge is 2.18. The number of halogens is 1. The fraction of sp³-hybridized carbons (Fsp3) is 0.263. The first-order valence-corrected chi connectivity index (χ1v) is 8.60. The van der Waals surface area contributed by atoms with E-state index in [1.165, 1.54) is 0 Å². The number of benzene rings is 2. The molecular weight excluding hydrogens is 338 g/mol. The fourth-order valence-corrected chi connectivity index (χ4v) is 3.00. The van der Waals surface area contributed by atoms with E-state index < -0.39 is 0 Å². The summed E-state index contributed by atoms with van der Waals surface area (Å²) in [7, 11) is 0. The summed E-state index contributed by atoms with van der Waals surface area (Å²) in [5.74, 6) is -0.205. The van der Waals surface area contributed by atoms with Crippen LogP contribution in [0, 0.1) is 6.92 Å². The van der Waals surface area contributed by atoms with Crippen LogP contribution in [-0.2, 0) is 0 Å². The molecule has 2 amide bonds. The molecule has 6 heteroatoms. The van der Waals surface area contributed by atoms with Gasteiger partial charge in [-0.2, -0.15) is 0 Å². The molecule has 130 valence electrons. The molecule has 3 rings (SSSR count). The summed E-state index contributed by atoms with van der Waals surface area (Å²) in [6.45, 7) is 4.94. The summed E-state index contributed by atoms with van der Waals surface area (Å²) < 4.78 is 0. The van der Waals surface area contributed by atoms with Crippen LogP contribution in [-0.4, -0.2) is 42.9 Å². The lowest BCUT2D eigenvalue weighted by Gasteiger charge is -2.27. The molecular formula is C19H20ClN3O2. The van der Waals surface area contributed by atoms with Crippen LogP contribution < -0.4 is 10.6 Å². The van der Waals surface area contributed by atoms with Crippen molar-refractivity contribution in [2.24, 2.45) is 0 Å². The van der Waals surface area contributed by atoms with E-state index in [2.05, 4.69) is 10.6 Å². The van der Waals surface area contributed by atoms with Crippen LogP contribution in [0.5, 0.6) is 0 Å². The third-order valence-electron chi connectivity index (χ3n) is 4.21. The summed E-state index contributed by atoms with van der Waals surface area (Å²) in [4.78, 5) is 26.7. The van der Waals surface area contributed by atoms with Crippen LogP contribution in [0.15, 0.2) is 42.5 Å². The predicted molar refractivity (Wildman–Crippen MR) is 99.4 cm³/mol. The van der Waals surface area contributed by atoms with E-state index in [9.17, 15) is 9.59 Å². The number of hydrogen-bond donors (Lipinski definition) is 2. The first kappa shape index (κ1) is 17.5. The van der Waals surface area contributed by atoms with Crippen LogP contribution in [0.3, 0.4) is 0 Å². The zero-order valence-electron chi connectivity index (χ0n) is 14.0. The summed E-state index contributed by atoms with van der Waals surface area (Å²) in [5.41, 5.74) is 2.66. The molecule has 5 nitrogen and oxygen atoms in total. The first-order chi connectivity index (χ1) is 12.0. The normalized spacial score (nSPS) is 14.2. The first-order valence-electron chi connectivity index (χ1n) is 8.22. The SMILES string of the molecule is Cc1cc(C(=O)N2CCNCC2)ccc1NC(=O)c1cccc(Cl)c1. The zero-order valence-corrected chi connectivity index (χ0v) is 14.8. The van der Waals surface area contributed by atoms with Crippen molar-refractivity contribution < 1.29 is 9.59 Å². The number of nitrogens with one attached hydrogen (secondary N) is 2. The molecule has 1 heterocycles. The van der Waals surface area contributed by atoms with Crippen molar-refractivity contribution in [3.8, 4) is 0 Å². The number of rotatable bonds is 3. The van der Waals surface area contributed by atoms with Crippen molar-refractivity contribution in [3.63, 3.8) is 0 Å². The summed E-state index contributed by atoms with van der Waals surface area (Å²) in [6, 6.07) is 12.1. The second kappa shape index (κ2) is 7.68. The van der Waals surface area contributed by atoms with Gasteiger partial charge in [0.25, 0.3) is 11.8 Å². The van der Waals surface area contributed by atoms with Gasteiger partial charge in [-0.15, -0.1) is 0 Å². The van der Waals surface area contributed by atoms with E-state index in [4.69, 9.17) is 11.6 Å². The minimum absolute atomic E-state index is 0.0253. The van der Waals surface area contributed by atoms with Crippen LogP contribution in [0.2, 0.25) is 5.02 Å². The van der Waals surface area contributed by atoms with E-state index in [1.54, 1.807) is 36.4 Å². The van der Waals surface area contributed by atoms with Crippen molar-refractivity contribution in [1.82, 2.24) is 10.2 Å². The van der Waals surface area contributed by atoms with Crippen LogP contribution in [0.4, 0.5) is 5.69 Å². The molecule has 0 radical (unpaired) electrons. The van der Waals surface area contributed by atoms with Gasteiger partial charge < -0.3 is 15.5 Å². The molecule has 2 aromatic rings. The molecule has 1 aliphatic rings. The van der Waals surface area contributed by atoms with E-state index in [0.29, 0.717) is 34.9 Å². The maximum absolute atomic E-state index is 12.5.